The number of amides is 2. The average Bonchev–Trinajstić information content (AvgIpc) is 3.57. The van der Waals surface area contributed by atoms with Crippen molar-refractivity contribution in [3.8, 4) is 0 Å². The van der Waals surface area contributed by atoms with Crippen LogP contribution in [0.15, 0.2) is 121 Å². The van der Waals surface area contributed by atoms with Gasteiger partial charge >= 0.3 is 0 Å². The summed E-state index contributed by atoms with van der Waals surface area (Å²) in [6, 6.07) is 36.2. The van der Waals surface area contributed by atoms with Crippen molar-refractivity contribution in [1.82, 2.24) is 10.6 Å². The van der Waals surface area contributed by atoms with Gasteiger partial charge in [0.25, 0.3) is 0 Å². The molecule has 0 saturated heterocycles. The number of carbonyl (C=O) groups is 2. The van der Waals surface area contributed by atoms with Crippen LogP contribution in [-0.4, -0.2) is 11.8 Å². The van der Waals surface area contributed by atoms with Gasteiger partial charge in [-0.05, 0) is 61.1 Å². The summed E-state index contributed by atoms with van der Waals surface area (Å²) in [5.41, 5.74) is 5.46. The summed E-state index contributed by atoms with van der Waals surface area (Å²) < 4.78 is 0. The molecular weight excluding hydrogens is 516 g/mol. The number of carbonyl (C=O) groups excluding carboxylic acids is 2. The molecule has 0 bridgehead atoms. The van der Waals surface area contributed by atoms with Crippen LogP contribution >= 0.6 is 0 Å². The fourth-order valence-corrected chi connectivity index (χ4v) is 5.66. The lowest BCUT2D eigenvalue weighted by Crippen LogP contribution is -2.41. The second-order valence-corrected chi connectivity index (χ2v) is 11.5. The zero-order valence-electron chi connectivity index (χ0n) is 24.7. The first-order valence-electron chi connectivity index (χ1n) is 14.5. The predicted octanol–water partition coefficient (Wildman–Crippen LogP) is 7.70. The maximum atomic E-state index is 12.8. The standard InChI is InChI=1S/2C19H19NO/c2*1-14(15-8-4-3-5-9-15)20-18(21)19(2)13-12-16-10-6-7-11-17(16)19/h2*3-14H,1-2H3,(H,20,21)/t2*14-,19-/m11/s1. The molecule has 0 spiro atoms. The highest BCUT2D eigenvalue weighted by Crippen LogP contribution is 2.37. The van der Waals surface area contributed by atoms with Gasteiger partial charge in [0.15, 0.2) is 0 Å². The van der Waals surface area contributed by atoms with E-state index >= 15 is 0 Å². The van der Waals surface area contributed by atoms with E-state index in [1.54, 1.807) is 0 Å². The number of benzene rings is 4. The van der Waals surface area contributed by atoms with Crippen LogP contribution in [0, 0.1) is 0 Å². The molecule has 4 nitrogen and oxygen atoms in total. The Morgan fingerprint density at radius 2 is 0.857 bits per heavy atom. The highest BCUT2D eigenvalue weighted by Gasteiger charge is 2.38. The summed E-state index contributed by atoms with van der Waals surface area (Å²) in [5, 5.41) is 6.26. The molecule has 0 aliphatic heterocycles. The van der Waals surface area contributed by atoms with Crippen LogP contribution in [0.5, 0.6) is 0 Å². The Morgan fingerprint density at radius 1 is 0.524 bits per heavy atom. The van der Waals surface area contributed by atoms with Crippen LogP contribution in [0.4, 0.5) is 0 Å². The van der Waals surface area contributed by atoms with Gasteiger partial charge < -0.3 is 10.6 Å². The lowest BCUT2D eigenvalue weighted by atomic mass is 9.83. The Kier molecular flexibility index (Phi) is 8.26. The Hall–Kier alpha value is -4.70. The van der Waals surface area contributed by atoms with Gasteiger partial charge in [0.2, 0.25) is 11.8 Å². The molecule has 2 N–H and O–H groups in total. The molecule has 4 atom stereocenters. The third-order valence-electron chi connectivity index (χ3n) is 8.47. The number of hydrogen-bond acceptors (Lipinski definition) is 2. The maximum absolute atomic E-state index is 12.8. The highest BCUT2D eigenvalue weighted by molar-refractivity contribution is 5.95. The first kappa shape index (κ1) is 28.8. The molecule has 212 valence electrons. The smallest absolute Gasteiger partial charge is 0.234 e. The van der Waals surface area contributed by atoms with Gasteiger partial charge in [0, 0.05) is 0 Å². The van der Waals surface area contributed by atoms with E-state index in [0.717, 1.165) is 33.4 Å². The third-order valence-corrected chi connectivity index (χ3v) is 8.47. The van der Waals surface area contributed by atoms with Gasteiger partial charge in [-0.25, -0.2) is 0 Å². The fraction of sp³-hybridized carbons (Fsp3) is 0.211. The van der Waals surface area contributed by atoms with Crippen molar-refractivity contribution >= 4 is 24.0 Å². The van der Waals surface area contributed by atoms with Gasteiger partial charge in [-0.3, -0.25) is 9.59 Å². The molecule has 42 heavy (non-hydrogen) atoms. The first-order chi connectivity index (χ1) is 20.2. The van der Waals surface area contributed by atoms with Crippen molar-refractivity contribution in [2.45, 2.75) is 50.6 Å². The van der Waals surface area contributed by atoms with E-state index in [1.807, 2.05) is 161 Å². The topological polar surface area (TPSA) is 58.2 Å². The van der Waals surface area contributed by atoms with E-state index in [4.69, 9.17) is 0 Å². The summed E-state index contributed by atoms with van der Waals surface area (Å²) in [6.07, 6.45) is 8.04. The van der Waals surface area contributed by atoms with E-state index < -0.39 is 10.8 Å². The predicted molar refractivity (Wildman–Crippen MR) is 172 cm³/mol. The molecule has 6 rings (SSSR count). The van der Waals surface area contributed by atoms with Gasteiger partial charge in [-0.2, -0.15) is 0 Å². The van der Waals surface area contributed by atoms with Gasteiger partial charge in [-0.1, -0.05) is 133 Å². The SMILES string of the molecule is C[C@@H](NC(=O)[C@]1(C)C=Cc2ccccc21)c1ccccc1.C[C@@H](NC(=O)[C@]1(C)C=Cc2ccccc21)c1ccccc1. The second kappa shape index (κ2) is 12.0. The Balaban J connectivity index is 0.000000168. The lowest BCUT2D eigenvalue weighted by Gasteiger charge is -2.26. The van der Waals surface area contributed by atoms with Gasteiger partial charge in [0.1, 0.15) is 0 Å². The molecule has 4 aromatic rings. The highest BCUT2D eigenvalue weighted by atomic mass is 16.2. The molecule has 0 aromatic heterocycles. The minimum absolute atomic E-state index is 0.00307. The third kappa shape index (κ3) is 5.71. The first-order valence-corrected chi connectivity index (χ1v) is 14.5. The quantitative estimate of drug-likeness (QED) is 0.257. The summed E-state index contributed by atoms with van der Waals surface area (Å²) in [6.45, 7) is 7.98. The Morgan fingerprint density at radius 3 is 1.24 bits per heavy atom. The van der Waals surface area contributed by atoms with Crippen molar-refractivity contribution in [2.24, 2.45) is 0 Å². The zero-order valence-corrected chi connectivity index (χ0v) is 24.7. The normalized spacial score (nSPS) is 20.9. The molecule has 2 aliphatic rings. The molecule has 4 heteroatoms. The van der Waals surface area contributed by atoms with Gasteiger partial charge in [0.05, 0.1) is 22.9 Å². The Bertz CT molecular complexity index is 1500. The monoisotopic (exact) mass is 554 g/mol. The van der Waals surface area contributed by atoms with Crippen LogP contribution in [0.2, 0.25) is 0 Å². The van der Waals surface area contributed by atoms with Crippen molar-refractivity contribution in [1.29, 1.82) is 0 Å². The van der Waals surface area contributed by atoms with Gasteiger partial charge in [-0.15, -0.1) is 0 Å². The zero-order chi connectivity index (χ0) is 29.7. The molecule has 4 aromatic carbocycles. The van der Waals surface area contributed by atoms with Crippen LogP contribution in [0.25, 0.3) is 12.2 Å². The number of nitrogens with one attached hydrogen (secondary N) is 2. The summed E-state index contributed by atoms with van der Waals surface area (Å²) in [5.74, 6) is 0.0834. The van der Waals surface area contributed by atoms with E-state index in [1.165, 1.54) is 0 Å². The lowest BCUT2D eigenvalue weighted by molar-refractivity contribution is -0.126. The van der Waals surface area contributed by atoms with E-state index in [2.05, 4.69) is 10.6 Å². The van der Waals surface area contributed by atoms with Crippen molar-refractivity contribution in [3.63, 3.8) is 0 Å². The molecule has 0 unspecified atom stereocenters. The van der Waals surface area contributed by atoms with Crippen molar-refractivity contribution in [2.75, 3.05) is 0 Å². The fourth-order valence-electron chi connectivity index (χ4n) is 5.66. The van der Waals surface area contributed by atoms with Crippen molar-refractivity contribution < 1.29 is 9.59 Å². The minimum Gasteiger partial charge on any atom is -0.349 e. The van der Waals surface area contributed by atoms with E-state index in [-0.39, 0.29) is 23.9 Å². The molecule has 2 aliphatic carbocycles. The second-order valence-electron chi connectivity index (χ2n) is 11.5. The summed E-state index contributed by atoms with van der Waals surface area (Å²) in [4.78, 5) is 25.5. The average molecular weight is 555 g/mol. The maximum Gasteiger partial charge on any atom is 0.234 e. The molecule has 0 heterocycles. The molecule has 0 radical (unpaired) electrons. The molecular formula is C38H38N2O2. The molecule has 2 amide bonds. The van der Waals surface area contributed by atoms with Crippen LogP contribution in [-0.2, 0) is 20.4 Å². The van der Waals surface area contributed by atoms with Crippen LogP contribution in [0.1, 0.15) is 73.2 Å². The summed E-state index contributed by atoms with van der Waals surface area (Å²) >= 11 is 0. The number of hydrogen-bond donors (Lipinski definition) is 2. The van der Waals surface area contributed by atoms with Crippen LogP contribution in [0.3, 0.4) is 0 Å². The van der Waals surface area contributed by atoms with Crippen LogP contribution < -0.4 is 10.6 Å². The molecule has 0 saturated carbocycles. The number of fused-ring (bicyclic) bond motifs is 2. The van der Waals surface area contributed by atoms with Crippen molar-refractivity contribution in [3.05, 3.63) is 155 Å². The molecule has 0 fully saturated rings. The van der Waals surface area contributed by atoms with E-state index in [0.29, 0.717) is 0 Å². The Labute approximate surface area is 249 Å². The minimum atomic E-state index is -0.584. The number of rotatable bonds is 6. The largest absolute Gasteiger partial charge is 0.349 e. The summed E-state index contributed by atoms with van der Waals surface area (Å²) in [7, 11) is 0. The van der Waals surface area contributed by atoms with E-state index in [9.17, 15) is 9.59 Å².